The van der Waals surface area contributed by atoms with E-state index in [1.807, 2.05) is 12.1 Å². The van der Waals surface area contributed by atoms with Gasteiger partial charge in [-0.05, 0) is 24.1 Å². The van der Waals surface area contributed by atoms with Crippen molar-refractivity contribution in [1.29, 1.82) is 0 Å². The number of hydrogen-bond donors (Lipinski definition) is 2. The Balaban J connectivity index is 0.00000400. The Labute approximate surface area is 143 Å². The Hall–Kier alpha value is -1.27. The molecule has 0 atom stereocenters. The highest BCUT2D eigenvalue weighted by Crippen LogP contribution is 2.10. The molecule has 0 aromatic heterocycles. The highest BCUT2D eigenvalue weighted by Gasteiger charge is 2.05. The van der Waals surface area contributed by atoms with Gasteiger partial charge in [-0.2, -0.15) is 0 Å². The summed E-state index contributed by atoms with van der Waals surface area (Å²) < 4.78 is 22.7. The van der Waals surface area contributed by atoms with Crippen LogP contribution in [0.1, 0.15) is 5.56 Å². The molecule has 0 radical (unpaired) electrons. The van der Waals surface area contributed by atoms with E-state index in [-0.39, 0.29) is 24.0 Å². The number of benzene rings is 1. The van der Waals surface area contributed by atoms with Crippen LogP contribution in [0, 0.1) is 12.3 Å². The van der Waals surface area contributed by atoms with Gasteiger partial charge in [0.05, 0.1) is 11.4 Å². The largest absolute Gasteiger partial charge is 0.356 e. The number of nitrogens with zero attached hydrogens (tertiary/aromatic N) is 1. The van der Waals surface area contributed by atoms with Gasteiger partial charge in [-0.3, -0.25) is 4.99 Å². The first-order valence-electron chi connectivity index (χ1n) is 6.14. The number of nitrogens with one attached hydrogen (secondary N) is 2. The number of terminal acetylenes is 1. The zero-order valence-electron chi connectivity index (χ0n) is 12.1. The summed E-state index contributed by atoms with van der Waals surface area (Å²) in [5, 5.41) is 6.08. The first-order chi connectivity index (χ1) is 9.47. The molecule has 0 unspecified atom stereocenters. The van der Waals surface area contributed by atoms with Crippen LogP contribution >= 0.6 is 24.0 Å². The van der Waals surface area contributed by atoms with Crippen LogP contribution in [0.2, 0.25) is 0 Å². The van der Waals surface area contributed by atoms with E-state index < -0.39 is 9.84 Å². The van der Waals surface area contributed by atoms with Crippen LogP contribution in [0.15, 0.2) is 34.2 Å². The average molecular weight is 421 g/mol. The van der Waals surface area contributed by atoms with Crippen molar-refractivity contribution in [3.63, 3.8) is 0 Å². The van der Waals surface area contributed by atoms with Crippen LogP contribution in [-0.2, 0) is 16.3 Å². The Bertz CT molecular complexity index is 604. The van der Waals surface area contributed by atoms with Crippen LogP contribution < -0.4 is 10.6 Å². The number of rotatable bonds is 5. The van der Waals surface area contributed by atoms with Crippen LogP contribution in [0.3, 0.4) is 0 Å². The second-order valence-electron chi connectivity index (χ2n) is 4.22. The molecule has 21 heavy (non-hydrogen) atoms. The standard InChI is InChI=1S/C14H19N3O2S.HI/c1-4-10-16-14(15-2)17-11-9-12-5-7-13(8-6-12)20(3,18)19;/h1,5-8H,9-11H2,2-3H3,(H2,15,16,17);1H. The van der Waals surface area contributed by atoms with Crippen LogP contribution in [0.25, 0.3) is 0 Å². The smallest absolute Gasteiger partial charge is 0.191 e. The molecule has 7 heteroatoms. The molecule has 0 saturated heterocycles. The Morgan fingerprint density at radius 1 is 1.29 bits per heavy atom. The van der Waals surface area contributed by atoms with Gasteiger partial charge >= 0.3 is 0 Å². The Morgan fingerprint density at radius 3 is 2.38 bits per heavy atom. The van der Waals surface area contributed by atoms with Gasteiger partial charge in [0.1, 0.15) is 0 Å². The van der Waals surface area contributed by atoms with Crippen molar-refractivity contribution < 1.29 is 8.42 Å². The first kappa shape index (κ1) is 19.7. The quantitative estimate of drug-likeness (QED) is 0.323. The van der Waals surface area contributed by atoms with Crippen molar-refractivity contribution in [3.8, 4) is 12.3 Å². The zero-order valence-corrected chi connectivity index (χ0v) is 15.2. The second-order valence-corrected chi connectivity index (χ2v) is 6.24. The van der Waals surface area contributed by atoms with E-state index in [2.05, 4.69) is 21.5 Å². The number of hydrogen-bond acceptors (Lipinski definition) is 3. The fourth-order valence-electron chi connectivity index (χ4n) is 1.58. The molecule has 0 spiro atoms. The molecular formula is C14H20IN3O2S. The predicted molar refractivity (Wildman–Crippen MR) is 96.9 cm³/mol. The molecule has 2 N–H and O–H groups in total. The van der Waals surface area contributed by atoms with Gasteiger partial charge in [0.25, 0.3) is 0 Å². The lowest BCUT2D eigenvalue weighted by Crippen LogP contribution is -2.38. The van der Waals surface area contributed by atoms with E-state index in [0.29, 0.717) is 23.9 Å². The molecule has 0 heterocycles. The second kappa shape index (κ2) is 9.63. The predicted octanol–water partition coefficient (Wildman–Crippen LogP) is 1.05. The number of guanidine groups is 1. The maximum atomic E-state index is 11.3. The van der Waals surface area contributed by atoms with Gasteiger partial charge in [-0.1, -0.05) is 18.1 Å². The van der Waals surface area contributed by atoms with Crippen molar-refractivity contribution in [2.75, 3.05) is 26.4 Å². The third-order valence-electron chi connectivity index (χ3n) is 2.64. The number of halogens is 1. The van der Waals surface area contributed by atoms with E-state index in [1.165, 1.54) is 6.26 Å². The average Bonchev–Trinajstić information content (AvgIpc) is 2.42. The molecule has 0 fully saturated rings. The molecule has 5 nitrogen and oxygen atoms in total. The molecule has 1 aromatic rings. The van der Waals surface area contributed by atoms with Crippen molar-refractivity contribution in [2.45, 2.75) is 11.3 Å². The number of sulfone groups is 1. The Morgan fingerprint density at radius 2 is 1.90 bits per heavy atom. The maximum absolute atomic E-state index is 11.3. The fourth-order valence-corrected chi connectivity index (χ4v) is 2.21. The lowest BCUT2D eigenvalue weighted by atomic mass is 10.1. The molecule has 0 aliphatic heterocycles. The normalized spacial score (nSPS) is 11.2. The SMILES string of the molecule is C#CCNC(=NC)NCCc1ccc(S(C)(=O)=O)cc1.I. The summed E-state index contributed by atoms with van der Waals surface area (Å²) in [7, 11) is -1.46. The zero-order chi connectivity index (χ0) is 15.0. The van der Waals surface area contributed by atoms with Gasteiger partial charge in [0, 0.05) is 19.8 Å². The summed E-state index contributed by atoms with van der Waals surface area (Å²) in [6.07, 6.45) is 7.12. The minimum absolute atomic E-state index is 0. The van der Waals surface area contributed by atoms with Gasteiger partial charge in [0.2, 0.25) is 0 Å². The van der Waals surface area contributed by atoms with Crippen LogP contribution in [0.5, 0.6) is 0 Å². The van der Waals surface area contributed by atoms with E-state index in [0.717, 1.165) is 12.0 Å². The minimum Gasteiger partial charge on any atom is -0.356 e. The summed E-state index contributed by atoms with van der Waals surface area (Å²) >= 11 is 0. The third kappa shape index (κ3) is 7.34. The molecule has 1 rings (SSSR count). The highest BCUT2D eigenvalue weighted by atomic mass is 127. The monoisotopic (exact) mass is 421 g/mol. The summed E-state index contributed by atoms with van der Waals surface area (Å²) in [5.74, 6) is 3.12. The van der Waals surface area contributed by atoms with Gasteiger partial charge in [0.15, 0.2) is 15.8 Å². The maximum Gasteiger partial charge on any atom is 0.191 e. The Kier molecular flexibility index (Phi) is 9.05. The third-order valence-corrected chi connectivity index (χ3v) is 3.77. The molecular weight excluding hydrogens is 401 g/mol. The molecule has 116 valence electrons. The minimum atomic E-state index is -3.13. The van der Waals surface area contributed by atoms with Crippen molar-refractivity contribution >= 4 is 39.8 Å². The van der Waals surface area contributed by atoms with Crippen LogP contribution in [0.4, 0.5) is 0 Å². The lowest BCUT2D eigenvalue weighted by molar-refractivity contribution is 0.602. The van der Waals surface area contributed by atoms with Crippen molar-refractivity contribution in [1.82, 2.24) is 10.6 Å². The van der Waals surface area contributed by atoms with E-state index in [9.17, 15) is 8.42 Å². The van der Waals surface area contributed by atoms with Crippen LogP contribution in [-0.4, -0.2) is 40.8 Å². The molecule has 0 bridgehead atoms. The highest BCUT2D eigenvalue weighted by molar-refractivity contribution is 14.0. The summed E-state index contributed by atoms with van der Waals surface area (Å²) in [5.41, 5.74) is 1.05. The summed E-state index contributed by atoms with van der Waals surface area (Å²) in [6, 6.07) is 6.87. The van der Waals surface area contributed by atoms with Gasteiger partial charge in [-0.25, -0.2) is 8.42 Å². The lowest BCUT2D eigenvalue weighted by Gasteiger charge is -2.10. The number of aliphatic imine (C=N–C) groups is 1. The summed E-state index contributed by atoms with van der Waals surface area (Å²) in [6.45, 7) is 1.10. The van der Waals surface area contributed by atoms with Gasteiger partial charge < -0.3 is 10.6 Å². The first-order valence-corrected chi connectivity index (χ1v) is 8.03. The summed E-state index contributed by atoms with van der Waals surface area (Å²) in [4.78, 5) is 4.36. The van der Waals surface area contributed by atoms with Crippen molar-refractivity contribution in [3.05, 3.63) is 29.8 Å². The molecule has 1 aromatic carbocycles. The van der Waals surface area contributed by atoms with Crippen molar-refractivity contribution in [2.24, 2.45) is 4.99 Å². The fraction of sp³-hybridized carbons (Fsp3) is 0.357. The topological polar surface area (TPSA) is 70.6 Å². The molecule has 0 saturated carbocycles. The van der Waals surface area contributed by atoms with Gasteiger partial charge in [-0.15, -0.1) is 30.4 Å². The van der Waals surface area contributed by atoms with E-state index in [4.69, 9.17) is 6.42 Å². The van der Waals surface area contributed by atoms with E-state index in [1.54, 1.807) is 19.2 Å². The molecule has 0 aliphatic carbocycles. The molecule has 0 amide bonds. The molecule has 0 aliphatic rings. The van der Waals surface area contributed by atoms with E-state index >= 15 is 0 Å².